The molecule has 0 fully saturated rings. The number of hydrogen-bond acceptors (Lipinski definition) is 2. The van der Waals surface area contributed by atoms with Crippen molar-refractivity contribution in [1.29, 1.82) is 0 Å². The van der Waals surface area contributed by atoms with Crippen molar-refractivity contribution >= 4 is 11.6 Å². The second kappa shape index (κ2) is 7.17. The van der Waals surface area contributed by atoms with Gasteiger partial charge in [-0.05, 0) is 29.9 Å². The summed E-state index contributed by atoms with van der Waals surface area (Å²) in [4.78, 5) is 12.2. The maximum Gasteiger partial charge on any atom is 0.253 e. The summed E-state index contributed by atoms with van der Waals surface area (Å²) in [7, 11) is 1.83. The van der Waals surface area contributed by atoms with Crippen molar-refractivity contribution in [2.45, 2.75) is 27.7 Å². The summed E-state index contributed by atoms with van der Waals surface area (Å²) >= 11 is 0. The second-order valence-corrected chi connectivity index (χ2v) is 5.66. The molecule has 2 N–H and O–H groups in total. The lowest BCUT2D eigenvalue weighted by Crippen LogP contribution is -2.34. The standard InChI is InChI=1S/C16H26N2O/c1-11(2)14(12(3)4)10-18-16(19)13-8-6-7-9-15(13)17-5/h6-9,11-12,14,17H,10H2,1-5H3,(H,18,19). The molecule has 0 aliphatic rings. The van der Waals surface area contributed by atoms with Gasteiger partial charge in [-0.2, -0.15) is 0 Å². The highest BCUT2D eigenvalue weighted by atomic mass is 16.1. The van der Waals surface area contributed by atoms with Crippen molar-refractivity contribution in [3.05, 3.63) is 29.8 Å². The highest BCUT2D eigenvalue weighted by Crippen LogP contribution is 2.20. The van der Waals surface area contributed by atoms with E-state index in [1.807, 2.05) is 31.3 Å². The minimum Gasteiger partial charge on any atom is -0.387 e. The first-order chi connectivity index (χ1) is 8.97. The third-order valence-electron chi connectivity index (χ3n) is 3.65. The lowest BCUT2D eigenvalue weighted by molar-refractivity contribution is 0.0938. The Kier molecular flexibility index (Phi) is 5.87. The Bertz CT molecular complexity index is 405. The number of hydrogen-bond donors (Lipinski definition) is 2. The lowest BCUT2D eigenvalue weighted by Gasteiger charge is -2.25. The van der Waals surface area contributed by atoms with Crippen molar-refractivity contribution in [1.82, 2.24) is 5.32 Å². The zero-order valence-corrected chi connectivity index (χ0v) is 12.7. The van der Waals surface area contributed by atoms with Gasteiger partial charge in [-0.3, -0.25) is 4.79 Å². The Morgan fingerprint density at radius 3 is 2.21 bits per heavy atom. The van der Waals surface area contributed by atoms with E-state index in [4.69, 9.17) is 0 Å². The van der Waals surface area contributed by atoms with Gasteiger partial charge in [-0.25, -0.2) is 0 Å². The summed E-state index contributed by atoms with van der Waals surface area (Å²) < 4.78 is 0. The van der Waals surface area contributed by atoms with E-state index in [2.05, 4.69) is 38.3 Å². The van der Waals surface area contributed by atoms with E-state index >= 15 is 0 Å². The van der Waals surface area contributed by atoms with Gasteiger partial charge in [-0.1, -0.05) is 39.8 Å². The summed E-state index contributed by atoms with van der Waals surface area (Å²) in [6.45, 7) is 9.56. The van der Waals surface area contributed by atoms with Crippen molar-refractivity contribution in [3.8, 4) is 0 Å². The summed E-state index contributed by atoms with van der Waals surface area (Å²) in [6.07, 6.45) is 0. The molecule has 3 nitrogen and oxygen atoms in total. The predicted octanol–water partition coefficient (Wildman–Crippen LogP) is 3.39. The SMILES string of the molecule is CNc1ccccc1C(=O)NCC(C(C)C)C(C)C. The second-order valence-electron chi connectivity index (χ2n) is 5.66. The minimum atomic E-state index is -0.00347. The normalized spacial score (nSPS) is 11.2. The quantitative estimate of drug-likeness (QED) is 0.825. The zero-order chi connectivity index (χ0) is 14.4. The largest absolute Gasteiger partial charge is 0.387 e. The van der Waals surface area contributed by atoms with E-state index in [0.717, 1.165) is 12.2 Å². The molecule has 0 unspecified atom stereocenters. The molecule has 1 amide bonds. The first kappa shape index (κ1) is 15.5. The number of anilines is 1. The number of amides is 1. The third-order valence-corrected chi connectivity index (χ3v) is 3.65. The van der Waals surface area contributed by atoms with E-state index < -0.39 is 0 Å². The van der Waals surface area contributed by atoms with Crippen LogP contribution in [0.25, 0.3) is 0 Å². The average Bonchev–Trinajstić information content (AvgIpc) is 2.37. The number of carbonyl (C=O) groups excluding carboxylic acids is 1. The van der Waals surface area contributed by atoms with Gasteiger partial charge in [0.05, 0.1) is 5.56 Å². The average molecular weight is 262 g/mol. The van der Waals surface area contributed by atoms with Crippen LogP contribution in [0.2, 0.25) is 0 Å². The maximum absolute atomic E-state index is 12.2. The number of para-hydroxylation sites is 1. The molecule has 0 aromatic heterocycles. The van der Waals surface area contributed by atoms with Crippen LogP contribution in [-0.2, 0) is 0 Å². The molecule has 106 valence electrons. The van der Waals surface area contributed by atoms with Gasteiger partial charge < -0.3 is 10.6 Å². The first-order valence-electron chi connectivity index (χ1n) is 7.02. The fraction of sp³-hybridized carbons (Fsp3) is 0.562. The molecule has 19 heavy (non-hydrogen) atoms. The highest BCUT2D eigenvalue weighted by Gasteiger charge is 2.19. The summed E-state index contributed by atoms with van der Waals surface area (Å²) in [6, 6.07) is 7.57. The monoisotopic (exact) mass is 262 g/mol. The smallest absolute Gasteiger partial charge is 0.253 e. The molecule has 1 rings (SSSR count). The molecule has 0 radical (unpaired) electrons. The highest BCUT2D eigenvalue weighted by molar-refractivity contribution is 5.99. The van der Waals surface area contributed by atoms with Crippen LogP contribution in [0.15, 0.2) is 24.3 Å². The third kappa shape index (κ3) is 4.27. The van der Waals surface area contributed by atoms with Crippen LogP contribution < -0.4 is 10.6 Å². The van der Waals surface area contributed by atoms with Gasteiger partial charge in [0.25, 0.3) is 5.91 Å². The van der Waals surface area contributed by atoms with E-state index in [1.165, 1.54) is 0 Å². The van der Waals surface area contributed by atoms with E-state index in [0.29, 0.717) is 23.3 Å². The molecule has 0 aliphatic heterocycles. The van der Waals surface area contributed by atoms with Crippen molar-refractivity contribution in [2.75, 3.05) is 18.9 Å². The van der Waals surface area contributed by atoms with Crippen LogP contribution in [0.1, 0.15) is 38.1 Å². The zero-order valence-electron chi connectivity index (χ0n) is 12.7. The number of carbonyl (C=O) groups is 1. The van der Waals surface area contributed by atoms with Crippen molar-refractivity contribution in [2.24, 2.45) is 17.8 Å². The predicted molar refractivity (Wildman–Crippen MR) is 81.5 cm³/mol. The Morgan fingerprint density at radius 2 is 1.68 bits per heavy atom. The van der Waals surface area contributed by atoms with Gasteiger partial charge in [-0.15, -0.1) is 0 Å². The molecule has 0 atom stereocenters. The molecule has 0 bridgehead atoms. The van der Waals surface area contributed by atoms with Gasteiger partial charge in [0, 0.05) is 19.3 Å². The van der Waals surface area contributed by atoms with E-state index in [-0.39, 0.29) is 5.91 Å². The number of rotatable bonds is 6. The van der Waals surface area contributed by atoms with Crippen LogP contribution in [0, 0.1) is 17.8 Å². The molecule has 0 heterocycles. The Morgan fingerprint density at radius 1 is 1.11 bits per heavy atom. The van der Waals surface area contributed by atoms with Crippen LogP contribution in [0.3, 0.4) is 0 Å². The van der Waals surface area contributed by atoms with Crippen molar-refractivity contribution < 1.29 is 4.79 Å². The van der Waals surface area contributed by atoms with Crippen LogP contribution >= 0.6 is 0 Å². The molecule has 0 spiro atoms. The molecule has 3 heteroatoms. The molecule has 0 saturated carbocycles. The first-order valence-corrected chi connectivity index (χ1v) is 7.02. The Hall–Kier alpha value is -1.51. The topological polar surface area (TPSA) is 41.1 Å². The Balaban J connectivity index is 2.69. The Labute approximate surface area is 116 Å². The number of nitrogens with one attached hydrogen (secondary N) is 2. The van der Waals surface area contributed by atoms with Gasteiger partial charge in [0.2, 0.25) is 0 Å². The van der Waals surface area contributed by atoms with Gasteiger partial charge >= 0.3 is 0 Å². The maximum atomic E-state index is 12.2. The molecule has 0 saturated heterocycles. The van der Waals surface area contributed by atoms with Crippen LogP contribution in [0.4, 0.5) is 5.69 Å². The summed E-state index contributed by atoms with van der Waals surface area (Å²) in [5, 5.41) is 6.11. The van der Waals surface area contributed by atoms with Crippen molar-refractivity contribution in [3.63, 3.8) is 0 Å². The molecule has 0 aliphatic carbocycles. The minimum absolute atomic E-state index is 0.00347. The molecular formula is C16H26N2O. The molecule has 1 aromatic carbocycles. The molecular weight excluding hydrogens is 236 g/mol. The van der Waals surface area contributed by atoms with Gasteiger partial charge in [0.15, 0.2) is 0 Å². The summed E-state index contributed by atoms with van der Waals surface area (Å²) in [5.41, 5.74) is 1.57. The summed E-state index contributed by atoms with van der Waals surface area (Å²) in [5.74, 6) is 1.64. The van der Waals surface area contributed by atoms with Gasteiger partial charge in [0.1, 0.15) is 0 Å². The molecule has 1 aromatic rings. The van der Waals surface area contributed by atoms with E-state index in [1.54, 1.807) is 0 Å². The fourth-order valence-electron chi connectivity index (χ4n) is 2.45. The number of benzene rings is 1. The lowest BCUT2D eigenvalue weighted by atomic mass is 9.85. The van der Waals surface area contributed by atoms with Crippen LogP contribution in [0.5, 0.6) is 0 Å². The van der Waals surface area contributed by atoms with E-state index in [9.17, 15) is 4.79 Å². The van der Waals surface area contributed by atoms with Crippen LogP contribution in [-0.4, -0.2) is 19.5 Å². The fourth-order valence-corrected chi connectivity index (χ4v) is 2.45.